The molecular formula is C9H17NOS. The maximum Gasteiger partial charge on any atom is 0.188 e. The first-order valence-corrected chi connectivity index (χ1v) is 5.48. The molecule has 0 radical (unpaired) electrons. The number of piperidine rings is 1. The molecule has 70 valence electrons. The van der Waals surface area contributed by atoms with Gasteiger partial charge in [0, 0.05) is 11.7 Å². The van der Waals surface area contributed by atoms with Gasteiger partial charge in [-0.15, -0.1) is 0 Å². The van der Waals surface area contributed by atoms with Crippen LogP contribution in [0.2, 0.25) is 0 Å². The van der Waals surface area contributed by atoms with Crippen LogP contribution in [0.5, 0.6) is 0 Å². The van der Waals surface area contributed by atoms with E-state index in [0.717, 1.165) is 13.1 Å². The lowest BCUT2D eigenvalue weighted by molar-refractivity contribution is -0.110. The zero-order chi connectivity index (χ0) is 8.97. The van der Waals surface area contributed by atoms with Gasteiger partial charge in [0.25, 0.3) is 0 Å². The Morgan fingerprint density at radius 2 is 2.08 bits per heavy atom. The fraction of sp³-hybridized carbons (Fsp3) is 0.889. The van der Waals surface area contributed by atoms with Gasteiger partial charge in [0.2, 0.25) is 0 Å². The van der Waals surface area contributed by atoms with Gasteiger partial charge in [-0.3, -0.25) is 4.79 Å². The number of carbonyl (C=O) groups is 1. The molecule has 1 saturated heterocycles. The highest BCUT2D eigenvalue weighted by molar-refractivity contribution is 8.14. The van der Waals surface area contributed by atoms with Crippen molar-refractivity contribution in [2.45, 2.75) is 31.4 Å². The lowest BCUT2D eigenvalue weighted by Crippen LogP contribution is -2.31. The largest absolute Gasteiger partial charge is 0.306 e. The van der Waals surface area contributed by atoms with E-state index in [2.05, 4.69) is 11.9 Å². The minimum absolute atomic E-state index is 0.351. The lowest BCUT2D eigenvalue weighted by Gasteiger charge is -2.27. The van der Waals surface area contributed by atoms with Crippen LogP contribution in [0.25, 0.3) is 0 Å². The first kappa shape index (κ1) is 10.1. The number of thioether (sulfide) groups is 1. The molecule has 1 fully saturated rings. The number of hydrogen-bond donors (Lipinski definition) is 0. The third kappa shape index (κ3) is 3.15. The quantitative estimate of drug-likeness (QED) is 0.657. The van der Waals surface area contributed by atoms with Gasteiger partial charge in [0.15, 0.2) is 5.12 Å². The monoisotopic (exact) mass is 187 g/mol. The summed E-state index contributed by atoms with van der Waals surface area (Å²) in [4.78, 5) is 13.4. The molecular weight excluding hydrogens is 170 g/mol. The number of rotatable bonds is 2. The van der Waals surface area contributed by atoms with E-state index in [1.165, 1.54) is 12.8 Å². The third-order valence-corrected chi connectivity index (χ3v) is 3.61. The number of likely N-dealkylation sites (tertiary alicyclic amines) is 1. The second-order valence-corrected chi connectivity index (χ2v) is 4.70. The summed E-state index contributed by atoms with van der Waals surface area (Å²) in [5, 5.41) is 0.943. The fourth-order valence-electron chi connectivity index (χ4n) is 1.37. The molecule has 3 heteroatoms. The predicted octanol–water partition coefficient (Wildman–Crippen LogP) is 1.75. The van der Waals surface area contributed by atoms with Crippen LogP contribution in [0.15, 0.2) is 0 Å². The average Bonchev–Trinajstić information content (AvgIpc) is 2.09. The molecule has 0 spiro atoms. The Morgan fingerprint density at radius 1 is 1.50 bits per heavy atom. The zero-order valence-corrected chi connectivity index (χ0v) is 8.69. The molecule has 1 aliphatic rings. The predicted molar refractivity (Wildman–Crippen MR) is 53.4 cm³/mol. The first-order chi connectivity index (χ1) is 5.72. The molecule has 0 aromatic rings. The molecule has 2 nitrogen and oxygen atoms in total. The van der Waals surface area contributed by atoms with Gasteiger partial charge in [-0.05, 0) is 33.0 Å². The standard InChI is InChI=1S/C9H17NOS/c1-3-9(11)12-8-4-6-10(2)7-5-8/h8H,3-7H2,1-2H3. The smallest absolute Gasteiger partial charge is 0.188 e. The molecule has 1 rings (SSSR count). The summed E-state index contributed by atoms with van der Waals surface area (Å²) in [6, 6.07) is 0. The molecule has 0 saturated carbocycles. The number of carbonyl (C=O) groups excluding carboxylic acids is 1. The Hall–Kier alpha value is -0.0200. The second-order valence-electron chi connectivity index (χ2n) is 3.35. The van der Waals surface area contributed by atoms with Crippen molar-refractivity contribution < 1.29 is 4.79 Å². The van der Waals surface area contributed by atoms with E-state index in [-0.39, 0.29) is 0 Å². The second kappa shape index (κ2) is 4.87. The highest BCUT2D eigenvalue weighted by Gasteiger charge is 2.18. The Bertz CT molecular complexity index is 153. The van der Waals surface area contributed by atoms with E-state index in [4.69, 9.17) is 0 Å². The molecule has 1 aliphatic heterocycles. The molecule has 0 aromatic heterocycles. The summed E-state index contributed by atoms with van der Waals surface area (Å²) in [5.41, 5.74) is 0. The Labute approximate surface area is 78.7 Å². The van der Waals surface area contributed by atoms with E-state index in [1.807, 2.05) is 6.92 Å². The summed E-state index contributed by atoms with van der Waals surface area (Å²) in [7, 11) is 2.14. The van der Waals surface area contributed by atoms with Crippen molar-refractivity contribution in [2.75, 3.05) is 20.1 Å². The summed E-state index contributed by atoms with van der Waals surface area (Å²) in [5.74, 6) is 0. The summed E-state index contributed by atoms with van der Waals surface area (Å²) < 4.78 is 0. The minimum Gasteiger partial charge on any atom is -0.306 e. The van der Waals surface area contributed by atoms with Crippen LogP contribution in [-0.2, 0) is 4.79 Å². The molecule has 12 heavy (non-hydrogen) atoms. The third-order valence-electron chi connectivity index (χ3n) is 2.25. The number of nitrogens with zero attached hydrogens (tertiary/aromatic N) is 1. The molecule has 0 aromatic carbocycles. The molecule has 0 bridgehead atoms. The lowest BCUT2D eigenvalue weighted by atomic mass is 10.1. The zero-order valence-electron chi connectivity index (χ0n) is 7.88. The molecule has 0 aliphatic carbocycles. The Morgan fingerprint density at radius 3 is 2.58 bits per heavy atom. The summed E-state index contributed by atoms with van der Waals surface area (Å²) in [6.45, 7) is 4.23. The topological polar surface area (TPSA) is 20.3 Å². The normalized spacial score (nSPS) is 21.2. The van der Waals surface area contributed by atoms with Crippen molar-refractivity contribution in [1.29, 1.82) is 0 Å². The Kier molecular flexibility index (Phi) is 4.09. The van der Waals surface area contributed by atoms with Crippen LogP contribution in [0, 0.1) is 0 Å². The van der Waals surface area contributed by atoms with Gasteiger partial charge in [-0.2, -0.15) is 0 Å². The molecule has 0 atom stereocenters. The fourth-order valence-corrected chi connectivity index (χ4v) is 2.36. The molecule has 0 amide bonds. The van der Waals surface area contributed by atoms with Gasteiger partial charge >= 0.3 is 0 Å². The highest BCUT2D eigenvalue weighted by Crippen LogP contribution is 2.23. The first-order valence-electron chi connectivity index (χ1n) is 4.60. The molecule has 0 unspecified atom stereocenters. The van der Waals surface area contributed by atoms with Crippen molar-refractivity contribution in [3.8, 4) is 0 Å². The number of hydrogen-bond acceptors (Lipinski definition) is 3. The van der Waals surface area contributed by atoms with E-state index in [0.29, 0.717) is 16.8 Å². The average molecular weight is 187 g/mol. The van der Waals surface area contributed by atoms with Crippen LogP contribution in [0.1, 0.15) is 26.2 Å². The van der Waals surface area contributed by atoms with E-state index in [9.17, 15) is 4.79 Å². The maximum atomic E-state index is 11.1. The minimum atomic E-state index is 0.351. The maximum absolute atomic E-state index is 11.1. The van der Waals surface area contributed by atoms with E-state index >= 15 is 0 Å². The van der Waals surface area contributed by atoms with Crippen molar-refractivity contribution in [1.82, 2.24) is 4.90 Å². The van der Waals surface area contributed by atoms with Crippen molar-refractivity contribution >= 4 is 16.9 Å². The van der Waals surface area contributed by atoms with Crippen molar-refractivity contribution in [2.24, 2.45) is 0 Å². The summed E-state index contributed by atoms with van der Waals surface area (Å²) >= 11 is 1.56. The van der Waals surface area contributed by atoms with Gasteiger partial charge in [-0.25, -0.2) is 0 Å². The van der Waals surface area contributed by atoms with Crippen LogP contribution >= 0.6 is 11.8 Å². The van der Waals surface area contributed by atoms with Crippen molar-refractivity contribution in [3.63, 3.8) is 0 Å². The molecule has 1 heterocycles. The van der Waals surface area contributed by atoms with Crippen LogP contribution in [0.3, 0.4) is 0 Å². The van der Waals surface area contributed by atoms with Crippen LogP contribution in [-0.4, -0.2) is 35.4 Å². The highest BCUT2D eigenvalue weighted by atomic mass is 32.2. The van der Waals surface area contributed by atoms with Gasteiger partial charge < -0.3 is 4.90 Å². The van der Waals surface area contributed by atoms with E-state index in [1.54, 1.807) is 11.8 Å². The van der Waals surface area contributed by atoms with Crippen LogP contribution < -0.4 is 0 Å². The van der Waals surface area contributed by atoms with Gasteiger partial charge in [0.1, 0.15) is 0 Å². The Balaban J connectivity index is 2.21. The van der Waals surface area contributed by atoms with Gasteiger partial charge in [0.05, 0.1) is 0 Å². The molecule has 0 N–H and O–H groups in total. The SMILES string of the molecule is CCC(=O)SC1CCN(C)CC1. The van der Waals surface area contributed by atoms with Gasteiger partial charge in [-0.1, -0.05) is 18.7 Å². The van der Waals surface area contributed by atoms with Crippen LogP contribution in [0.4, 0.5) is 0 Å². The van der Waals surface area contributed by atoms with E-state index < -0.39 is 0 Å². The summed E-state index contributed by atoms with van der Waals surface area (Å²) in [6.07, 6.45) is 3.02. The van der Waals surface area contributed by atoms with Crippen molar-refractivity contribution in [3.05, 3.63) is 0 Å².